The maximum Gasteiger partial charge on any atom is 0.324 e. The summed E-state index contributed by atoms with van der Waals surface area (Å²) in [5.41, 5.74) is -2.35. The first kappa shape index (κ1) is 22.8. The Morgan fingerprint density at radius 3 is 2.14 bits per heavy atom. The standard InChI is InChI=1S/C25H21N5O6/c1-13-9-11-15(12-10-13)19(31)17-20(32)22(34)29(25(17)23(35)26-24(36)27-25)18-14(2)28(3)30(21(18)33)16-7-5-4-6-8-16/h4-12,31H,1-3H3,(H2,26,27,35,36)/b19-17-. The average Bonchev–Trinajstić information content (AvgIpc) is 3.35. The number of amides is 4. The van der Waals surface area contributed by atoms with Gasteiger partial charge in [0, 0.05) is 12.6 Å². The highest BCUT2D eigenvalue weighted by Gasteiger charge is 2.67. The van der Waals surface area contributed by atoms with Crippen LogP contribution >= 0.6 is 0 Å². The summed E-state index contributed by atoms with van der Waals surface area (Å²) in [4.78, 5) is 66.7. The molecule has 0 aliphatic carbocycles. The largest absolute Gasteiger partial charge is 0.507 e. The Balaban J connectivity index is 1.81. The van der Waals surface area contributed by atoms with Crippen LogP contribution in [0.15, 0.2) is 65.0 Å². The monoisotopic (exact) mass is 487 g/mol. The van der Waals surface area contributed by atoms with Crippen LogP contribution in [0.5, 0.6) is 0 Å². The minimum Gasteiger partial charge on any atom is -0.507 e. The zero-order chi connectivity index (χ0) is 25.9. The summed E-state index contributed by atoms with van der Waals surface area (Å²) < 4.78 is 2.74. The SMILES string of the molecule is Cc1ccc(/C(O)=C2\C(=O)C(=O)N(c3c(C)n(C)n(-c4ccccc4)c3=O)C23NC(=O)NC3=O)cc1. The number of Topliss-reactive ketones (excluding diaryl/α,β-unsaturated/α-hetero) is 1. The molecule has 11 heteroatoms. The van der Waals surface area contributed by atoms with Crippen LogP contribution in [0.1, 0.15) is 16.8 Å². The summed E-state index contributed by atoms with van der Waals surface area (Å²) in [6.45, 7) is 3.36. The van der Waals surface area contributed by atoms with Crippen molar-refractivity contribution >= 4 is 35.1 Å². The van der Waals surface area contributed by atoms with Crippen LogP contribution in [-0.2, 0) is 21.4 Å². The molecule has 0 bridgehead atoms. The van der Waals surface area contributed by atoms with E-state index in [2.05, 4.69) is 5.32 Å². The Morgan fingerprint density at radius 2 is 1.56 bits per heavy atom. The predicted octanol–water partition coefficient (Wildman–Crippen LogP) is 1.21. The lowest BCUT2D eigenvalue weighted by Gasteiger charge is -2.31. The topological polar surface area (TPSA) is 143 Å². The lowest BCUT2D eigenvalue weighted by atomic mass is 9.94. The highest BCUT2D eigenvalue weighted by Crippen LogP contribution is 2.41. The summed E-state index contributed by atoms with van der Waals surface area (Å²) >= 11 is 0. The molecule has 2 saturated heterocycles. The van der Waals surface area contributed by atoms with Crippen LogP contribution in [0.3, 0.4) is 0 Å². The van der Waals surface area contributed by atoms with E-state index in [0.717, 1.165) is 5.56 Å². The molecule has 3 N–H and O–H groups in total. The van der Waals surface area contributed by atoms with Crippen molar-refractivity contribution < 1.29 is 24.3 Å². The number of hydrogen-bond donors (Lipinski definition) is 3. The summed E-state index contributed by atoms with van der Waals surface area (Å²) in [6, 6.07) is 13.9. The van der Waals surface area contributed by atoms with Gasteiger partial charge in [0.15, 0.2) is 0 Å². The van der Waals surface area contributed by atoms with Crippen molar-refractivity contribution in [3.63, 3.8) is 0 Å². The number of rotatable bonds is 3. The number of carbonyl (C=O) groups excluding carboxylic acids is 4. The Bertz CT molecular complexity index is 1560. The molecule has 2 aliphatic rings. The molecule has 1 atom stereocenters. The van der Waals surface area contributed by atoms with Gasteiger partial charge >= 0.3 is 11.9 Å². The van der Waals surface area contributed by atoms with Crippen molar-refractivity contribution in [3.8, 4) is 5.69 Å². The second-order valence-electron chi connectivity index (χ2n) is 8.59. The molecule has 1 unspecified atom stereocenters. The molecular formula is C25H21N5O6. The number of para-hydroxylation sites is 1. The zero-order valence-corrected chi connectivity index (χ0v) is 19.5. The van der Waals surface area contributed by atoms with E-state index >= 15 is 0 Å². The lowest BCUT2D eigenvalue weighted by molar-refractivity contribution is -0.132. The third-order valence-corrected chi connectivity index (χ3v) is 6.48. The number of aromatic nitrogens is 2. The maximum absolute atomic E-state index is 13.7. The summed E-state index contributed by atoms with van der Waals surface area (Å²) in [7, 11) is 1.58. The maximum atomic E-state index is 13.7. The molecule has 36 heavy (non-hydrogen) atoms. The normalized spacial score (nSPS) is 20.8. The molecule has 5 rings (SSSR count). The first-order valence-electron chi connectivity index (χ1n) is 11.0. The van der Waals surface area contributed by atoms with E-state index in [4.69, 9.17) is 0 Å². The van der Waals surface area contributed by atoms with E-state index in [9.17, 15) is 29.1 Å². The number of urea groups is 1. The van der Waals surface area contributed by atoms with Crippen molar-refractivity contribution in [2.24, 2.45) is 7.05 Å². The Kier molecular flexibility index (Phi) is 4.95. The molecule has 11 nitrogen and oxygen atoms in total. The smallest absolute Gasteiger partial charge is 0.324 e. The van der Waals surface area contributed by atoms with Crippen LogP contribution in [0.2, 0.25) is 0 Å². The van der Waals surface area contributed by atoms with E-state index in [0.29, 0.717) is 10.6 Å². The highest BCUT2D eigenvalue weighted by molar-refractivity contribution is 6.55. The van der Waals surface area contributed by atoms with E-state index in [1.165, 1.54) is 28.4 Å². The molecule has 1 spiro atoms. The first-order chi connectivity index (χ1) is 17.1. The van der Waals surface area contributed by atoms with Crippen LogP contribution in [0.4, 0.5) is 10.5 Å². The van der Waals surface area contributed by atoms with Gasteiger partial charge in [0.05, 0.1) is 11.4 Å². The van der Waals surface area contributed by atoms with Gasteiger partial charge in [-0.05, 0) is 26.0 Å². The number of imide groups is 1. The van der Waals surface area contributed by atoms with Gasteiger partial charge in [-0.3, -0.25) is 34.1 Å². The molecular weight excluding hydrogens is 466 g/mol. The number of aryl methyl sites for hydroxylation is 1. The Morgan fingerprint density at radius 1 is 0.917 bits per heavy atom. The number of benzene rings is 2. The van der Waals surface area contributed by atoms with Gasteiger partial charge in [-0.25, -0.2) is 9.48 Å². The molecule has 4 amide bonds. The van der Waals surface area contributed by atoms with Crippen LogP contribution in [0, 0.1) is 13.8 Å². The number of aliphatic hydroxyl groups is 1. The number of nitrogens with zero attached hydrogens (tertiary/aromatic N) is 3. The van der Waals surface area contributed by atoms with Crippen molar-refractivity contribution in [2.75, 3.05) is 4.90 Å². The number of anilines is 1. The molecule has 0 radical (unpaired) electrons. The molecule has 2 fully saturated rings. The third kappa shape index (κ3) is 2.95. The number of carbonyl (C=O) groups is 4. The summed E-state index contributed by atoms with van der Waals surface area (Å²) in [6.07, 6.45) is 0. The van der Waals surface area contributed by atoms with E-state index in [1.807, 2.05) is 12.2 Å². The molecule has 3 heterocycles. The third-order valence-electron chi connectivity index (χ3n) is 6.48. The van der Waals surface area contributed by atoms with Gasteiger partial charge in [-0.2, -0.15) is 0 Å². The van der Waals surface area contributed by atoms with Gasteiger partial charge in [0.2, 0.25) is 5.66 Å². The number of aliphatic hydroxyl groups excluding tert-OH is 1. The fourth-order valence-corrected chi connectivity index (χ4v) is 4.63. The molecule has 0 saturated carbocycles. The van der Waals surface area contributed by atoms with Crippen molar-refractivity contribution in [1.82, 2.24) is 20.0 Å². The highest BCUT2D eigenvalue weighted by atomic mass is 16.3. The Hall–Kier alpha value is -4.93. The van der Waals surface area contributed by atoms with Gasteiger partial charge in [-0.15, -0.1) is 0 Å². The summed E-state index contributed by atoms with van der Waals surface area (Å²) in [5, 5.41) is 15.5. The number of ketones is 1. The van der Waals surface area contributed by atoms with Crippen LogP contribution in [0.25, 0.3) is 11.4 Å². The minimum atomic E-state index is -2.46. The molecule has 3 aromatic rings. The van der Waals surface area contributed by atoms with E-state index in [1.54, 1.807) is 49.5 Å². The van der Waals surface area contributed by atoms with E-state index in [-0.39, 0.29) is 16.9 Å². The predicted molar refractivity (Wildman–Crippen MR) is 128 cm³/mol. The van der Waals surface area contributed by atoms with Crippen LogP contribution in [-0.4, -0.2) is 43.8 Å². The number of hydrogen-bond acceptors (Lipinski definition) is 6. The zero-order valence-electron chi connectivity index (χ0n) is 19.5. The van der Waals surface area contributed by atoms with Crippen molar-refractivity contribution in [1.29, 1.82) is 0 Å². The molecule has 2 aliphatic heterocycles. The molecule has 2 aromatic carbocycles. The fourth-order valence-electron chi connectivity index (χ4n) is 4.63. The van der Waals surface area contributed by atoms with Gasteiger partial charge < -0.3 is 10.4 Å². The van der Waals surface area contributed by atoms with Crippen molar-refractivity contribution in [2.45, 2.75) is 19.5 Å². The second kappa shape index (κ2) is 7.80. The fraction of sp³-hybridized carbons (Fsp3) is 0.160. The quantitative estimate of drug-likeness (QED) is 0.219. The second-order valence-corrected chi connectivity index (χ2v) is 8.59. The lowest BCUT2D eigenvalue weighted by Crippen LogP contribution is -2.60. The molecule has 1 aromatic heterocycles. The Labute approximate surface area is 204 Å². The number of nitrogens with one attached hydrogen (secondary N) is 2. The van der Waals surface area contributed by atoms with Crippen LogP contribution < -0.4 is 21.1 Å². The first-order valence-corrected chi connectivity index (χ1v) is 11.0. The van der Waals surface area contributed by atoms with Crippen molar-refractivity contribution in [3.05, 3.63) is 87.3 Å². The molecule has 182 valence electrons. The summed E-state index contributed by atoms with van der Waals surface area (Å²) in [5.74, 6) is -4.20. The minimum absolute atomic E-state index is 0.151. The van der Waals surface area contributed by atoms with Gasteiger partial charge in [0.25, 0.3) is 17.2 Å². The van der Waals surface area contributed by atoms with E-state index < -0.39 is 46.2 Å². The van der Waals surface area contributed by atoms with Gasteiger partial charge in [0.1, 0.15) is 17.0 Å². The average molecular weight is 487 g/mol. The van der Waals surface area contributed by atoms with Gasteiger partial charge in [-0.1, -0.05) is 48.0 Å².